The second-order valence-corrected chi connectivity index (χ2v) is 2.25. The number of rotatable bonds is 5. The highest BCUT2D eigenvalue weighted by Crippen LogP contribution is 1.93. The molecule has 0 saturated carbocycles. The molecule has 0 saturated heterocycles. The summed E-state index contributed by atoms with van der Waals surface area (Å²) < 4.78 is 3.93. The van der Waals surface area contributed by atoms with Crippen molar-refractivity contribution in [3.63, 3.8) is 0 Å². The van der Waals surface area contributed by atoms with Crippen LogP contribution in [0.15, 0.2) is 0 Å². The van der Waals surface area contributed by atoms with Crippen molar-refractivity contribution >= 4 is 17.7 Å². The quantitative estimate of drug-likeness (QED) is 0.209. The van der Waals surface area contributed by atoms with Gasteiger partial charge in [-0.15, -0.1) is 0 Å². The Bertz CT molecular complexity index is 251. The van der Waals surface area contributed by atoms with Gasteiger partial charge in [0.05, 0.1) is 6.61 Å². The standard InChI is InChI=1S/C6H9NO7/c7-2(1-8)5(12)14-6(13)3(9)4(10)11/h2,6,8,13H,1,7H2,(H,10,11). The van der Waals surface area contributed by atoms with Gasteiger partial charge >= 0.3 is 17.7 Å². The van der Waals surface area contributed by atoms with Gasteiger partial charge in [0.25, 0.3) is 6.29 Å². The van der Waals surface area contributed by atoms with Crippen LogP contribution in [0.5, 0.6) is 0 Å². The predicted molar refractivity (Wildman–Crippen MR) is 39.8 cm³/mol. The molecule has 0 heterocycles. The summed E-state index contributed by atoms with van der Waals surface area (Å²) in [6, 6.07) is -1.42. The number of carboxylic acids is 1. The molecule has 0 aromatic carbocycles. The SMILES string of the molecule is NC(CO)C(=O)OC(O)C(=O)C(=O)O. The second-order valence-electron chi connectivity index (χ2n) is 2.25. The van der Waals surface area contributed by atoms with Crippen molar-refractivity contribution < 1.29 is 34.4 Å². The number of aliphatic hydroxyl groups excluding tert-OH is 2. The number of ether oxygens (including phenoxy) is 1. The minimum Gasteiger partial charge on any atom is -0.475 e. The maximum Gasteiger partial charge on any atom is 0.379 e. The van der Waals surface area contributed by atoms with Crippen LogP contribution in [0.4, 0.5) is 0 Å². The number of Topliss-reactive ketones (excluding diaryl/α,β-unsaturated/α-hetero) is 1. The fourth-order valence-electron chi connectivity index (χ4n) is 0.431. The Kier molecular flexibility index (Phi) is 4.70. The first-order valence-corrected chi connectivity index (χ1v) is 3.42. The van der Waals surface area contributed by atoms with E-state index in [-0.39, 0.29) is 0 Å². The molecule has 2 unspecified atom stereocenters. The van der Waals surface area contributed by atoms with Crippen LogP contribution in [0.25, 0.3) is 0 Å². The number of hydrogen-bond donors (Lipinski definition) is 4. The first kappa shape index (κ1) is 12.5. The zero-order chi connectivity index (χ0) is 11.3. The smallest absolute Gasteiger partial charge is 0.379 e. The lowest BCUT2D eigenvalue weighted by Gasteiger charge is -2.11. The highest BCUT2D eigenvalue weighted by Gasteiger charge is 2.28. The number of hydrogen-bond acceptors (Lipinski definition) is 7. The molecule has 0 aromatic rings. The van der Waals surface area contributed by atoms with E-state index in [4.69, 9.17) is 21.1 Å². The Morgan fingerprint density at radius 2 is 1.86 bits per heavy atom. The first-order valence-electron chi connectivity index (χ1n) is 3.42. The monoisotopic (exact) mass is 207 g/mol. The number of aliphatic hydroxyl groups is 2. The third-order valence-corrected chi connectivity index (χ3v) is 1.16. The minimum atomic E-state index is -2.41. The van der Waals surface area contributed by atoms with E-state index >= 15 is 0 Å². The third kappa shape index (κ3) is 3.47. The number of carboxylic acid groups (broad SMARTS) is 1. The van der Waals surface area contributed by atoms with Gasteiger partial charge in [0.1, 0.15) is 6.04 Å². The van der Waals surface area contributed by atoms with E-state index in [0.29, 0.717) is 0 Å². The van der Waals surface area contributed by atoms with E-state index in [1.54, 1.807) is 0 Å². The Labute approximate surface area is 77.9 Å². The van der Waals surface area contributed by atoms with Gasteiger partial charge in [0.2, 0.25) is 0 Å². The summed E-state index contributed by atoms with van der Waals surface area (Å²) in [5.41, 5.74) is 4.95. The Hall–Kier alpha value is -1.51. The second kappa shape index (κ2) is 5.27. The van der Waals surface area contributed by atoms with Crippen LogP contribution in [0, 0.1) is 0 Å². The van der Waals surface area contributed by atoms with E-state index in [1.165, 1.54) is 0 Å². The molecular weight excluding hydrogens is 198 g/mol. The van der Waals surface area contributed by atoms with Crippen LogP contribution in [-0.4, -0.2) is 52.0 Å². The lowest BCUT2D eigenvalue weighted by atomic mass is 10.3. The van der Waals surface area contributed by atoms with Crippen molar-refractivity contribution in [2.24, 2.45) is 5.73 Å². The van der Waals surface area contributed by atoms with Gasteiger partial charge in [-0.2, -0.15) is 0 Å². The summed E-state index contributed by atoms with van der Waals surface area (Å²) >= 11 is 0. The average Bonchev–Trinajstić information content (AvgIpc) is 2.14. The van der Waals surface area contributed by atoms with E-state index in [9.17, 15) is 14.4 Å². The average molecular weight is 207 g/mol. The zero-order valence-electron chi connectivity index (χ0n) is 6.91. The van der Waals surface area contributed by atoms with E-state index in [1.807, 2.05) is 0 Å². The molecule has 0 aromatic heterocycles. The van der Waals surface area contributed by atoms with Crippen molar-refractivity contribution in [2.45, 2.75) is 12.3 Å². The number of ketones is 1. The maximum atomic E-state index is 10.7. The topological polar surface area (TPSA) is 147 Å². The number of carbonyl (C=O) groups is 3. The molecule has 0 spiro atoms. The number of esters is 1. The number of aliphatic carboxylic acids is 1. The van der Waals surface area contributed by atoms with Gasteiger partial charge in [0, 0.05) is 0 Å². The van der Waals surface area contributed by atoms with Crippen LogP contribution in [0.3, 0.4) is 0 Å². The van der Waals surface area contributed by atoms with Crippen LogP contribution in [-0.2, 0) is 19.1 Å². The fourth-order valence-corrected chi connectivity index (χ4v) is 0.431. The molecule has 5 N–H and O–H groups in total. The Morgan fingerprint density at radius 3 is 2.21 bits per heavy atom. The zero-order valence-corrected chi connectivity index (χ0v) is 6.91. The summed E-state index contributed by atoms with van der Waals surface area (Å²) in [7, 11) is 0. The first-order chi connectivity index (χ1) is 6.40. The predicted octanol–water partition coefficient (Wildman–Crippen LogP) is -3.18. The molecule has 0 radical (unpaired) electrons. The molecule has 0 aliphatic rings. The maximum absolute atomic E-state index is 10.7. The van der Waals surface area contributed by atoms with Crippen LogP contribution >= 0.6 is 0 Å². The van der Waals surface area contributed by atoms with Gasteiger partial charge in [-0.25, -0.2) is 4.79 Å². The summed E-state index contributed by atoms with van der Waals surface area (Å²) in [6.45, 7) is -0.743. The summed E-state index contributed by atoms with van der Waals surface area (Å²) in [4.78, 5) is 31.1. The molecule has 0 amide bonds. The van der Waals surface area contributed by atoms with Gasteiger partial charge in [-0.1, -0.05) is 0 Å². The van der Waals surface area contributed by atoms with Gasteiger partial charge in [-0.05, 0) is 0 Å². The van der Waals surface area contributed by atoms with Crippen LogP contribution in [0.2, 0.25) is 0 Å². The molecule has 0 aliphatic heterocycles. The molecular formula is C6H9NO7. The summed E-state index contributed by atoms with van der Waals surface area (Å²) in [6.07, 6.45) is -2.41. The molecule has 8 heteroatoms. The summed E-state index contributed by atoms with van der Waals surface area (Å²) in [5.74, 6) is -4.90. The summed E-state index contributed by atoms with van der Waals surface area (Å²) in [5, 5.41) is 25.1. The van der Waals surface area contributed by atoms with E-state index in [0.717, 1.165) is 0 Å². The lowest BCUT2D eigenvalue weighted by Crippen LogP contribution is -2.41. The Morgan fingerprint density at radius 1 is 1.36 bits per heavy atom. The largest absolute Gasteiger partial charge is 0.475 e. The highest BCUT2D eigenvalue weighted by molar-refractivity contribution is 6.34. The Balaban J connectivity index is 4.19. The number of nitrogens with two attached hydrogens (primary N) is 1. The van der Waals surface area contributed by atoms with Gasteiger partial charge < -0.3 is 25.8 Å². The molecule has 0 aliphatic carbocycles. The van der Waals surface area contributed by atoms with Gasteiger partial charge in [0.15, 0.2) is 0 Å². The highest BCUT2D eigenvalue weighted by atomic mass is 16.6. The van der Waals surface area contributed by atoms with Crippen molar-refractivity contribution in [2.75, 3.05) is 6.61 Å². The van der Waals surface area contributed by atoms with Crippen LogP contribution in [0.1, 0.15) is 0 Å². The molecule has 0 rings (SSSR count). The van der Waals surface area contributed by atoms with E-state index < -0.39 is 36.7 Å². The minimum absolute atomic E-state index is 0.743. The molecule has 2 atom stereocenters. The fraction of sp³-hybridized carbons (Fsp3) is 0.500. The van der Waals surface area contributed by atoms with Crippen molar-refractivity contribution in [3.05, 3.63) is 0 Å². The molecule has 0 bridgehead atoms. The normalized spacial score (nSPS) is 14.2. The van der Waals surface area contributed by atoms with Crippen molar-refractivity contribution in [1.29, 1.82) is 0 Å². The van der Waals surface area contributed by atoms with Crippen molar-refractivity contribution in [3.8, 4) is 0 Å². The molecule has 80 valence electrons. The molecule has 0 fully saturated rings. The number of carbonyl (C=O) groups excluding carboxylic acids is 2. The third-order valence-electron chi connectivity index (χ3n) is 1.16. The molecule has 8 nitrogen and oxygen atoms in total. The van der Waals surface area contributed by atoms with Crippen molar-refractivity contribution in [1.82, 2.24) is 0 Å². The van der Waals surface area contributed by atoms with Crippen LogP contribution < -0.4 is 5.73 Å². The molecule has 14 heavy (non-hydrogen) atoms. The van der Waals surface area contributed by atoms with Gasteiger partial charge in [-0.3, -0.25) is 9.59 Å². The lowest BCUT2D eigenvalue weighted by molar-refractivity contribution is -0.181. The van der Waals surface area contributed by atoms with E-state index in [2.05, 4.69) is 4.74 Å².